The van der Waals surface area contributed by atoms with Crippen LogP contribution in [0.2, 0.25) is 0 Å². The summed E-state index contributed by atoms with van der Waals surface area (Å²) < 4.78 is 1.81. The molecule has 1 fully saturated rings. The maximum atomic E-state index is 12.0. The summed E-state index contributed by atoms with van der Waals surface area (Å²) in [6, 6.07) is 5.78. The molecule has 122 valence electrons. The zero-order valence-electron chi connectivity index (χ0n) is 13.9. The van der Waals surface area contributed by atoms with E-state index in [2.05, 4.69) is 15.4 Å². The van der Waals surface area contributed by atoms with Crippen LogP contribution in [0.3, 0.4) is 0 Å². The number of aryl methyl sites for hydroxylation is 2. The minimum atomic E-state index is 0.0811. The van der Waals surface area contributed by atoms with Gasteiger partial charge in [-0.05, 0) is 44.4 Å². The van der Waals surface area contributed by atoms with Gasteiger partial charge in [-0.3, -0.25) is 4.79 Å². The highest BCUT2D eigenvalue weighted by molar-refractivity contribution is 5.90. The fourth-order valence-electron chi connectivity index (χ4n) is 3.30. The highest BCUT2D eigenvalue weighted by Gasteiger charge is 2.16. The lowest BCUT2D eigenvalue weighted by atomic mass is 10.0. The van der Waals surface area contributed by atoms with Crippen LogP contribution in [-0.4, -0.2) is 20.7 Å². The van der Waals surface area contributed by atoms with Crippen molar-refractivity contribution in [3.63, 3.8) is 0 Å². The predicted molar refractivity (Wildman–Crippen MR) is 90.7 cm³/mol. The van der Waals surface area contributed by atoms with Crippen molar-refractivity contribution in [2.45, 2.75) is 52.4 Å². The standard InChI is InChI=1S/C18H24N4O/c1-13-11-14(2)22(21-13)17-9-8-16(12-19-17)20-18(23)10-7-15-5-3-4-6-15/h8-9,11-12,15H,3-7,10H2,1-2H3,(H,20,23). The number of nitrogens with one attached hydrogen (secondary N) is 1. The topological polar surface area (TPSA) is 59.8 Å². The van der Waals surface area contributed by atoms with Gasteiger partial charge in [0.15, 0.2) is 5.82 Å². The van der Waals surface area contributed by atoms with Crippen LogP contribution in [0.1, 0.15) is 49.9 Å². The third-order valence-electron chi connectivity index (χ3n) is 4.51. The van der Waals surface area contributed by atoms with E-state index in [4.69, 9.17) is 0 Å². The van der Waals surface area contributed by atoms with Gasteiger partial charge in [-0.15, -0.1) is 0 Å². The molecule has 0 aliphatic heterocycles. The van der Waals surface area contributed by atoms with Crippen molar-refractivity contribution in [1.29, 1.82) is 0 Å². The summed E-state index contributed by atoms with van der Waals surface area (Å²) >= 11 is 0. The molecule has 0 aromatic carbocycles. The molecule has 0 bridgehead atoms. The summed E-state index contributed by atoms with van der Waals surface area (Å²) in [6.07, 6.45) is 8.51. The fraction of sp³-hybridized carbons (Fsp3) is 0.500. The number of hydrogen-bond donors (Lipinski definition) is 1. The number of carbonyl (C=O) groups is 1. The molecule has 2 aromatic heterocycles. The molecule has 5 nitrogen and oxygen atoms in total. The van der Waals surface area contributed by atoms with E-state index in [0.29, 0.717) is 6.42 Å². The highest BCUT2D eigenvalue weighted by atomic mass is 16.1. The second kappa shape index (κ2) is 6.94. The Labute approximate surface area is 137 Å². The van der Waals surface area contributed by atoms with E-state index in [1.54, 1.807) is 10.9 Å². The van der Waals surface area contributed by atoms with Crippen LogP contribution in [0.25, 0.3) is 5.82 Å². The minimum absolute atomic E-state index is 0.0811. The molecule has 23 heavy (non-hydrogen) atoms. The molecule has 2 aromatic rings. The number of pyridine rings is 1. The third kappa shape index (κ3) is 3.97. The van der Waals surface area contributed by atoms with Gasteiger partial charge in [0, 0.05) is 12.1 Å². The van der Waals surface area contributed by atoms with Crippen LogP contribution in [-0.2, 0) is 4.79 Å². The van der Waals surface area contributed by atoms with Crippen molar-refractivity contribution >= 4 is 11.6 Å². The molecular formula is C18H24N4O. The maximum absolute atomic E-state index is 12.0. The van der Waals surface area contributed by atoms with Crippen LogP contribution < -0.4 is 5.32 Å². The predicted octanol–water partition coefficient (Wildman–Crippen LogP) is 3.79. The van der Waals surface area contributed by atoms with Gasteiger partial charge in [0.1, 0.15) is 0 Å². The van der Waals surface area contributed by atoms with E-state index in [1.165, 1.54) is 25.7 Å². The molecule has 1 saturated carbocycles. The first kappa shape index (κ1) is 15.7. The van der Waals surface area contributed by atoms with Gasteiger partial charge in [0.05, 0.1) is 17.6 Å². The fourth-order valence-corrected chi connectivity index (χ4v) is 3.30. The second-order valence-corrected chi connectivity index (χ2v) is 6.48. The van der Waals surface area contributed by atoms with Crippen LogP contribution in [0, 0.1) is 19.8 Å². The summed E-state index contributed by atoms with van der Waals surface area (Å²) in [7, 11) is 0. The molecule has 1 aliphatic rings. The number of amides is 1. The normalized spacial score (nSPS) is 15.0. The van der Waals surface area contributed by atoms with Crippen molar-refractivity contribution in [2.24, 2.45) is 5.92 Å². The Kier molecular flexibility index (Phi) is 4.74. The van der Waals surface area contributed by atoms with E-state index < -0.39 is 0 Å². The second-order valence-electron chi connectivity index (χ2n) is 6.48. The summed E-state index contributed by atoms with van der Waals surface area (Å²) in [4.78, 5) is 16.4. The average molecular weight is 312 g/mol. The van der Waals surface area contributed by atoms with Crippen molar-refractivity contribution in [3.05, 3.63) is 35.8 Å². The van der Waals surface area contributed by atoms with E-state index in [9.17, 15) is 4.79 Å². The number of aromatic nitrogens is 3. The molecule has 3 rings (SSSR count). The van der Waals surface area contributed by atoms with Gasteiger partial charge >= 0.3 is 0 Å². The van der Waals surface area contributed by atoms with Crippen LogP contribution in [0.15, 0.2) is 24.4 Å². The lowest BCUT2D eigenvalue weighted by Gasteiger charge is -2.09. The average Bonchev–Trinajstić information content (AvgIpc) is 3.15. The summed E-state index contributed by atoms with van der Waals surface area (Å²) in [5.74, 6) is 1.59. The van der Waals surface area contributed by atoms with Crippen LogP contribution in [0.4, 0.5) is 5.69 Å². The summed E-state index contributed by atoms with van der Waals surface area (Å²) in [5, 5.41) is 7.34. The van der Waals surface area contributed by atoms with Crippen molar-refractivity contribution in [1.82, 2.24) is 14.8 Å². The molecule has 0 spiro atoms. The van der Waals surface area contributed by atoms with Gasteiger partial charge < -0.3 is 5.32 Å². The molecule has 1 aliphatic carbocycles. The number of rotatable bonds is 5. The molecule has 2 heterocycles. The first-order chi connectivity index (χ1) is 11.1. The molecular weight excluding hydrogens is 288 g/mol. The highest BCUT2D eigenvalue weighted by Crippen LogP contribution is 2.28. The first-order valence-electron chi connectivity index (χ1n) is 8.41. The molecule has 0 atom stereocenters. The Morgan fingerprint density at radius 2 is 2.09 bits per heavy atom. The number of nitrogens with zero attached hydrogens (tertiary/aromatic N) is 3. The number of carbonyl (C=O) groups excluding carboxylic acids is 1. The molecule has 0 saturated heterocycles. The van der Waals surface area contributed by atoms with Gasteiger partial charge in [0.2, 0.25) is 5.91 Å². The Balaban J connectivity index is 1.56. The van der Waals surface area contributed by atoms with Crippen molar-refractivity contribution in [2.75, 3.05) is 5.32 Å². The minimum Gasteiger partial charge on any atom is -0.325 e. The van der Waals surface area contributed by atoms with Gasteiger partial charge in [-0.25, -0.2) is 9.67 Å². The number of hydrogen-bond acceptors (Lipinski definition) is 3. The summed E-state index contributed by atoms with van der Waals surface area (Å²) in [6.45, 7) is 3.96. The zero-order chi connectivity index (χ0) is 16.2. The smallest absolute Gasteiger partial charge is 0.224 e. The third-order valence-corrected chi connectivity index (χ3v) is 4.51. The van der Waals surface area contributed by atoms with Gasteiger partial charge in [0.25, 0.3) is 0 Å². The quantitative estimate of drug-likeness (QED) is 0.913. The van der Waals surface area contributed by atoms with E-state index in [1.807, 2.05) is 32.0 Å². The molecule has 0 radical (unpaired) electrons. The van der Waals surface area contributed by atoms with E-state index >= 15 is 0 Å². The van der Waals surface area contributed by atoms with Gasteiger partial charge in [-0.1, -0.05) is 25.7 Å². The van der Waals surface area contributed by atoms with E-state index in [0.717, 1.165) is 35.2 Å². The lowest BCUT2D eigenvalue weighted by molar-refractivity contribution is -0.116. The van der Waals surface area contributed by atoms with E-state index in [-0.39, 0.29) is 5.91 Å². The Hall–Kier alpha value is -2.17. The molecule has 5 heteroatoms. The van der Waals surface area contributed by atoms with Crippen LogP contribution >= 0.6 is 0 Å². The monoisotopic (exact) mass is 312 g/mol. The van der Waals surface area contributed by atoms with Crippen LogP contribution in [0.5, 0.6) is 0 Å². The Morgan fingerprint density at radius 1 is 1.30 bits per heavy atom. The molecule has 1 amide bonds. The first-order valence-corrected chi connectivity index (χ1v) is 8.41. The van der Waals surface area contributed by atoms with Crippen molar-refractivity contribution < 1.29 is 4.79 Å². The zero-order valence-corrected chi connectivity index (χ0v) is 13.9. The lowest BCUT2D eigenvalue weighted by Crippen LogP contribution is -2.13. The number of anilines is 1. The Morgan fingerprint density at radius 3 is 2.70 bits per heavy atom. The molecule has 1 N–H and O–H groups in total. The summed E-state index contributed by atoms with van der Waals surface area (Å²) in [5.41, 5.74) is 2.75. The SMILES string of the molecule is Cc1cc(C)n(-c2ccc(NC(=O)CCC3CCCC3)cn2)n1. The Bertz CT molecular complexity index is 669. The maximum Gasteiger partial charge on any atom is 0.224 e. The van der Waals surface area contributed by atoms with Gasteiger partial charge in [-0.2, -0.15) is 5.10 Å². The largest absolute Gasteiger partial charge is 0.325 e. The molecule has 0 unspecified atom stereocenters. The van der Waals surface area contributed by atoms with Crippen molar-refractivity contribution in [3.8, 4) is 5.82 Å².